The first-order valence-corrected chi connectivity index (χ1v) is 11.0. The molecule has 0 atom stereocenters. The minimum absolute atomic E-state index is 0.0277. The Morgan fingerprint density at radius 3 is 2.48 bits per heavy atom. The number of anilines is 3. The van der Waals surface area contributed by atoms with Crippen LogP contribution < -0.4 is 10.6 Å². The van der Waals surface area contributed by atoms with E-state index in [2.05, 4.69) is 20.6 Å². The van der Waals surface area contributed by atoms with Crippen molar-refractivity contribution in [3.8, 4) is 5.75 Å². The van der Waals surface area contributed by atoms with E-state index in [0.29, 0.717) is 29.4 Å². The Labute approximate surface area is 197 Å². The molecule has 8 nitrogen and oxygen atoms in total. The zero-order valence-electron chi connectivity index (χ0n) is 18.7. The van der Waals surface area contributed by atoms with E-state index >= 15 is 0 Å². The van der Waals surface area contributed by atoms with Gasteiger partial charge in [0.1, 0.15) is 5.75 Å². The number of amides is 2. The van der Waals surface area contributed by atoms with E-state index in [1.165, 1.54) is 30.6 Å². The molecule has 2 aromatic carbocycles. The summed E-state index contributed by atoms with van der Waals surface area (Å²) in [5.41, 5.74) is 1.75. The van der Waals surface area contributed by atoms with Crippen LogP contribution in [0, 0.1) is 0 Å². The summed E-state index contributed by atoms with van der Waals surface area (Å²) in [6.45, 7) is 6.73. The molecule has 1 aromatic heterocycles. The van der Waals surface area contributed by atoms with E-state index in [1.807, 2.05) is 31.7 Å². The van der Waals surface area contributed by atoms with Gasteiger partial charge in [0.15, 0.2) is 0 Å². The molecule has 0 saturated carbocycles. The number of aromatic hydroxyl groups is 1. The summed E-state index contributed by atoms with van der Waals surface area (Å²) in [7, 11) is 0. The monoisotopic (exact) mass is 467 g/mol. The SMILES string of the molecule is CCCN(C(=O)c1cccc(Nc2ncc(NC(=O)c3cc(O)ccc3Cl)cn2)c1)C(C)C. The van der Waals surface area contributed by atoms with Gasteiger partial charge in [-0.15, -0.1) is 0 Å². The van der Waals surface area contributed by atoms with Gasteiger partial charge in [0, 0.05) is 23.8 Å². The van der Waals surface area contributed by atoms with Gasteiger partial charge in [-0.3, -0.25) is 9.59 Å². The van der Waals surface area contributed by atoms with Crippen molar-refractivity contribution in [1.29, 1.82) is 0 Å². The number of rotatable bonds is 8. The van der Waals surface area contributed by atoms with E-state index < -0.39 is 5.91 Å². The number of nitrogens with zero attached hydrogens (tertiary/aromatic N) is 3. The molecule has 33 heavy (non-hydrogen) atoms. The average molecular weight is 468 g/mol. The summed E-state index contributed by atoms with van der Waals surface area (Å²) in [4.78, 5) is 35.6. The van der Waals surface area contributed by atoms with Crippen LogP contribution in [0.25, 0.3) is 0 Å². The summed E-state index contributed by atoms with van der Waals surface area (Å²) in [6.07, 6.45) is 3.78. The lowest BCUT2D eigenvalue weighted by Crippen LogP contribution is -2.37. The summed E-state index contributed by atoms with van der Waals surface area (Å²) < 4.78 is 0. The topological polar surface area (TPSA) is 107 Å². The van der Waals surface area contributed by atoms with Crippen molar-refractivity contribution in [2.45, 2.75) is 33.2 Å². The minimum atomic E-state index is -0.492. The van der Waals surface area contributed by atoms with E-state index in [0.717, 1.165) is 6.42 Å². The third-order valence-electron chi connectivity index (χ3n) is 4.82. The molecule has 1 heterocycles. The van der Waals surface area contributed by atoms with Crippen LogP contribution in [0.4, 0.5) is 17.3 Å². The van der Waals surface area contributed by atoms with E-state index in [4.69, 9.17) is 11.6 Å². The highest BCUT2D eigenvalue weighted by Gasteiger charge is 2.18. The second kappa shape index (κ2) is 10.8. The molecular weight excluding hydrogens is 442 g/mol. The quantitative estimate of drug-likeness (QED) is 0.425. The predicted molar refractivity (Wildman–Crippen MR) is 129 cm³/mol. The molecule has 3 aromatic rings. The largest absolute Gasteiger partial charge is 0.508 e. The van der Waals surface area contributed by atoms with Gasteiger partial charge in [-0.2, -0.15) is 0 Å². The van der Waals surface area contributed by atoms with Gasteiger partial charge in [-0.1, -0.05) is 24.6 Å². The third kappa shape index (κ3) is 6.20. The fraction of sp³-hybridized carbons (Fsp3) is 0.250. The number of carbonyl (C=O) groups excluding carboxylic acids is 2. The molecular formula is C24H26ClN5O3. The minimum Gasteiger partial charge on any atom is -0.508 e. The van der Waals surface area contributed by atoms with Gasteiger partial charge in [-0.05, 0) is 56.7 Å². The van der Waals surface area contributed by atoms with Gasteiger partial charge in [0.2, 0.25) is 5.95 Å². The van der Waals surface area contributed by atoms with Crippen molar-refractivity contribution in [3.63, 3.8) is 0 Å². The van der Waals surface area contributed by atoms with Gasteiger partial charge in [-0.25, -0.2) is 9.97 Å². The zero-order valence-corrected chi connectivity index (χ0v) is 19.4. The molecule has 3 rings (SSSR count). The second-order valence-electron chi connectivity index (χ2n) is 7.71. The van der Waals surface area contributed by atoms with Crippen molar-refractivity contribution in [3.05, 3.63) is 71.0 Å². The second-order valence-corrected chi connectivity index (χ2v) is 8.12. The van der Waals surface area contributed by atoms with E-state index in [1.54, 1.807) is 18.2 Å². The third-order valence-corrected chi connectivity index (χ3v) is 5.15. The number of benzene rings is 2. The molecule has 0 spiro atoms. The number of hydrogen-bond acceptors (Lipinski definition) is 6. The van der Waals surface area contributed by atoms with Crippen LogP contribution in [0.15, 0.2) is 54.9 Å². The maximum atomic E-state index is 12.9. The van der Waals surface area contributed by atoms with Crippen molar-refractivity contribution in [2.24, 2.45) is 0 Å². The summed E-state index contributed by atoms with van der Waals surface area (Å²) >= 11 is 6.02. The first kappa shape index (κ1) is 24.0. The highest BCUT2D eigenvalue weighted by atomic mass is 35.5. The molecule has 9 heteroatoms. The summed E-state index contributed by atoms with van der Waals surface area (Å²) in [6, 6.07) is 11.4. The van der Waals surface area contributed by atoms with Crippen molar-refractivity contribution in [2.75, 3.05) is 17.2 Å². The van der Waals surface area contributed by atoms with Gasteiger partial charge in [0.05, 0.1) is 28.7 Å². The smallest absolute Gasteiger partial charge is 0.257 e. The Bertz CT molecular complexity index is 1140. The molecule has 0 aliphatic rings. The fourth-order valence-electron chi connectivity index (χ4n) is 3.20. The molecule has 0 unspecified atom stereocenters. The van der Waals surface area contributed by atoms with Crippen molar-refractivity contribution < 1.29 is 14.7 Å². The van der Waals surface area contributed by atoms with Gasteiger partial charge >= 0.3 is 0 Å². The first-order chi connectivity index (χ1) is 15.8. The van der Waals surface area contributed by atoms with Crippen LogP contribution in [0.3, 0.4) is 0 Å². The molecule has 0 radical (unpaired) electrons. The van der Waals surface area contributed by atoms with Crippen LogP contribution in [0.2, 0.25) is 5.02 Å². The fourth-order valence-corrected chi connectivity index (χ4v) is 3.41. The van der Waals surface area contributed by atoms with Crippen LogP contribution in [0.5, 0.6) is 5.75 Å². The van der Waals surface area contributed by atoms with Crippen LogP contribution in [0.1, 0.15) is 47.9 Å². The Balaban J connectivity index is 1.69. The molecule has 0 aliphatic heterocycles. The number of aromatic nitrogens is 2. The van der Waals surface area contributed by atoms with E-state index in [-0.39, 0.29) is 28.3 Å². The summed E-state index contributed by atoms with van der Waals surface area (Å²) in [5, 5.41) is 15.5. The van der Waals surface area contributed by atoms with Crippen LogP contribution in [-0.4, -0.2) is 44.4 Å². The number of phenols is 1. The number of phenolic OH excluding ortho intramolecular Hbond substituents is 1. The van der Waals surface area contributed by atoms with E-state index in [9.17, 15) is 14.7 Å². The first-order valence-electron chi connectivity index (χ1n) is 10.6. The number of hydrogen-bond donors (Lipinski definition) is 3. The number of carbonyl (C=O) groups is 2. The zero-order chi connectivity index (χ0) is 24.0. The lowest BCUT2D eigenvalue weighted by atomic mass is 10.1. The highest BCUT2D eigenvalue weighted by Crippen LogP contribution is 2.23. The lowest BCUT2D eigenvalue weighted by molar-refractivity contribution is 0.0706. The molecule has 2 amide bonds. The lowest BCUT2D eigenvalue weighted by Gasteiger charge is -2.26. The predicted octanol–water partition coefficient (Wildman–Crippen LogP) is 5.09. The van der Waals surface area contributed by atoms with Crippen molar-refractivity contribution in [1.82, 2.24) is 14.9 Å². The summed E-state index contributed by atoms with van der Waals surface area (Å²) in [5.74, 6) is -0.275. The maximum Gasteiger partial charge on any atom is 0.257 e. The standard InChI is InChI=1S/C24H26ClN5O3/c1-4-10-30(15(2)3)23(33)16-6-5-7-17(11-16)29-24-26-13-18(14-27-24)28-22(32)20-12-19(31)8-9-21(20)25/h5-9,11-15,31H,4,10H2,1-3H3,(H,28,32)(H,26,27,29). The molecule has 0 fully saturated rings. The normalized spacial score (nSPS) is 10.7. The van der Waals surface area contributed by atoms with Gasteiger partial charge in [0.25, 0.3) is 11.8 Å². The van der Waals surface area contributed by atoms with Crippen LogP contribution >= 0.6 is 11.6 Å². The Kier molecular flexibility index (Phi) is 7.84. The molecule has 3 N–H and O–H groups in total. The maximum absolute atomic E-state index is 12.9. The highest BCUT2D eigenvalue weighted by molar-refractivity contribution is 6.34. The molecule has 172 valence electrons. The average Bonchev–Trinajstić information content (AvgIpc) is 2.80. The van der Waals surface area contributed by atoms with Crippen LogP contribution in [-0.2, 0) is 0 Å². The number of halogens is 1. The Hall–Kier alpha value is -3.65. The van der Waals surface area contributed by atoms with Gasteiger partial charge < -0.3 is 20.6 Å². The molecule has 0 bridgehead atoms. The Morgan fingerprint density at radius 1 is 1.09 bits per heavy atom. The Morgan fingerprint density at radius 2 is 1.82 bits per heavy atom. The molecule has 0 saturated heterocycles. The molecule has 0 aliphatic carbocycles. The number of nitrogens with one attached hydrogen (secondary N) is 2. The van der Waals surface area contributed by atoms with Crippen molar-refractivity contribution >= 4 is 40.7 Å².